The highest BCUT2D eigenvalue weighted by molar-refractivity contribution is 5.91. The predicted octanol–water partition coefficient (Wildman–Crippen LogP) is 1.67. The fourth-order valence-corrected chi connectivity index (χ4v) is 1.52. The van der Waals surface area contributed by atoms with Gasteiger partial charge in [0.05, 0.1) is 19.3 Å². The van der Waals surface area contributed by atoms with E-state index in [4.69, 9.17) is 4.74 Å². The minimum absolute atomic E-state index is 0.0140. The van der Waals surface area contributed by atoms with E-state index in [0.29, 0.717) is 12.0 Å². The Balaban J connectivity index is 2.89. The molecular weight excluding hydrogens is 236 g/mol. The summed E-state index contributed by atoms with van der Waals surface area (Å²) in [5, 5.41) is 9.38. The molecule has 0 fully saturated rings. The Hall–Kier alpha value is -2.04. The van der Waals surface area contributed by atoms with Crippen LogP contribution in [0.3, 0.4) is 0 Å². The molecule has 0 unspecified atom stereocenters. The first kappa shape index (κ1) is 14.0. The van der Waals surface area contributed by atoms with Crippen molar-refractivity contribution in [1.82, 2.24) is 0 Å². The number of aryl methyl sites for hydroxylation is 1. The summed E-state index contributed by atoms with van der Waals surface area (Å²) in [7, 11) is 1.31. The SMILES string of the molecule is CCOC(=O)c1cc(O)ccc1CCC(=O)OC. The van der Waals surface area contributed by atoms with Gasteiger partial charge in [0.1, 0.15) is 5.75 Å². The molecule has 0 heterocycles. The smallest absolute Gasteiger partial charge is 0.338 e. The molecule has 0 spiro atoms. The van der Waals surface area contributed by atoms with E-state index >= 15 is 0 Å². The van der Waals surface area contributed by atoms with Crippen molar-refractivity contribution >= 4 is 11.9 Å². The summed E-state index contributed by atoms with van der Waals surface area (Å²) in [5.41, 5.74) is 0.928. The molecule has 0 aromatic heterocycles. The predicted molar refractivity (Wildman–Crippen MR) is 64.4 cm³/mol. The van der Waals surface area contributed by atoms with Crippen LogP contribution >= 0.6 is 0 Å². The molecule has 1 rings (SSSR count). The molecule has 18 heavy (non-hydrogen) atoms. The molecule has 0 saturated carbocycles. The minimum Gasteiger partial charge on any atom is -0.508 e. The molecule has 0 amide bonds. The van der Waals surface area contributed by atoms with E-state index in [1.54, 1.807) is 13.0 Å². The molecule has 5 heteroatoms. The summed E-state index contributed by atoms with van der Waals surface area (Å²) in [6.07, 6.45) is 0.536. The Morgan fingerprint density at radius 1 is 1.33 bits per heavy atom. The lowest BCUT2D eigenvalue weighted by Gasteiger charge is -2.08. The number of phenolic OH excluding ortho intramolecular Hbond substituents is 1. The van der Waals surface area contributed by atoms with Crippen molar-refractivity contribution in [3.05, 3.63) is 29.3 Å². The number of benzene rings is 1. The highest BCUT2D eigenvalue weighted by atomic mass is 16.5. The Labute approximate surface area is 105 Å². The zero-order valence-corrected chi connectivity index (χ0v) is 10.4. The number of aromatic hydroxyl groups is 1. The molecule has 0 saturated heterocycles. The second kappa shape index (κ2) is 6.64. The lowest BCUT2D eigenvalue weighted by Crippen LogP contribution is -2.10. The van der Waals surface area contributed by atoms with Gasteiger partial charge in [-0.3, -0.25) is 4.79 Å². The highest BCUT2D eigenvalue weighted by Crippen LogP contribution is 2.19. The molecule has 0 bridgehead atoms. The van der Waals surface area contributed by atoms with Crippen molar-refractivity contribution in [2.24, 2.45) is 0 Å². The number of hydrogen-bond acceptors (Lipinski definition) is 5. The van der Waals surface area contributed by atoms with E-state index in [0.717, 1.165) is 0 Å². The van der Waals surface area contributed by atoms with Crippen molar-refractivity contribution in [2.75, 3.05) is 13.7 Å². The fourth-order valence-electron chi connectivity index (χ4n) is 1.52. The van der Waals surface area contributed by atoms with Gasteiger partial charge >= 0.3 is 11.9 Å². The van der Waals surface area contributed by atoms with E-state index in [2.05, 4.69) is 4.74 Å². The highest BCUT2D eigenvalue weighted by Gasteiger charge is 2.14. The Morgan fingerprint density at radius 2 is 2.06 bits per heavy atom. The van der Waals surface area contributed by atoms with Crippen LogP contribution in [0.4, 0.5) is 0 Å². The lowest BCUT2D eigenvalue weighted by molar-refractivity contribution is -0.140. The average molecular weight is 252 g/mol. The number of carbonyl (C=O) groups excluding carboxylic acids is 2. The Kier molecular flexibility index (Phi) is 5.17. The van der Waals surface area contributed by atoms with E-state index in [-0.39, 0.29) is 30.3 Å². The van der Waals surface area contributed by atoms with Crippen LogP contribution in [0.1, 0.15) is 29.3 Å². The summed E-state index contributed by atoms with van der Waals surface area (Å²) in [6.45, 7) is 1.96. The van der Waals surface area contributed by atoms with E-state index in [9.17, 15) is 14.7 Å². The average Bonchev–Trinajstić information content (AvgIpc) is 2.37. The molecule has 0 radical (unpaired) electrons. The first-order valence-corrected chi connectivity index (χ1v) is 5.64. The maximum absolute atomic E-state index is 11.7. The first-order valence-electron chi connectivity index (χ1n) is 5.64. The standard InChI is InChI=1S/C13H16O5/c1-3-18-13(16)11-8-10(14)6-4-9(11)5-7-12(15)17-2/h4,6,8,14H,3,5,7H2,1-2H3. The van der Waals surface area contributed by atoms with Crippen molar-refractivity contribution in [2.45, 2.75) is 19.8 Å². The largest absolute Gasteiger partial charge is 0.508 e. The minimum atomic E-state index is -0.506. The zero-order chi connectivity index (χ0) is 13.5. The molecular formula is C13H16O5. The van der Waals surface area contributed by atoms with Crippen LogP contribution < -0.4 is 0 Å². The van der Waals surface area contributed by atoms with Crippen molar-refractivity contribution < 1.29 is 24.2 Å². The van der Waals surface area contributed by atoms with Crippen LogP contribution in [-0.2, 0) is 20.7 Å². The second-order valence-corrected chi connectivity index (χ2v) is 3.64. The normalized spacial score (nSPS) is 9.89. The van der Waals surface area contributed by atoms with Gasteiger partial charge in [-0.25, -0.2) is 4.79 Å². The molecule has 1 aromatic carbocycles. The monoisotopic (exact) mass is 252 g/mol. The van der Waals surface area contributed by atoms with E-state index in [1.807, 2.05) is 0 Å². The van der Waals surface area contributed by atoms with Crippen molar-refractivity contribution in [3.8, 4) is 5.75 Å². The number of phenols is 1. The van der Waals surface area contributed by atoms with E-state index in [1.165, 1.54) is 19.2 Å². The van der Waals surface area contributed by atoms with Gasteiger partial charge in [0, 0.05) is 6.42 Å². The van der Waals surface area contributed by atoms with Gasteiger partial charge in [-0.15, -0.1) is 0 Å². The molecule has 98 valence electrons. The number of hydrogen-bond donors (Lipinski definition) is 1. The topological polar surface area (TPSA) is 72.8 Å². The van der Waals surface area contributed by atoms with Crippen LogP contribution in [0.25, 0.3) is 0 Å². The summed E-state index contributed by atoms with van der Waals surface area (Å²) >= 11 is 0. The molecule has 0 aliphatic rings. The number of carbonyl (C=O) groups is 2. The number of rotatable bonds is 5. The van der Waals surface area contributed by atoms with Gasteiger partial charge in [-0.05, 0) is 31.0 Å². The van der Waals surface area contributed by atoms with Gasteiger partial charge in [0.15, 0.2) is 0 Å². The van der Waals surface area contributed by atoms with Gasteiger partial charge in [0.25, 0.3) is 0 Å². The maximum atomic E-state index is 11.7. The summed E-state index contributed by atoms with van der Waals surface area (Å²) in [4.78, 5) is 22.8. The van der Waals surface area contributed by atoms with Gasteiger partial charge in [-0.2, -0.15) is 0 Å². The number of ether oxygens (including phenoxy) is 2. The zero-order valence-electron chi connectivity index (χ0n) is 10.4. The lowest BCUT2D eigenvalue weighted by atomic mass is 10.0. The third-order valence-corrected chi connectivity index (χ3v) is 2.41. The summed E-state index contributed by atoms with van der Waals surface area (Å²) < 4.78 is 9.43. The van der Waals surface area contributed by atoms with Crippen molar-refractivity contribution in [1.29, 1.82) is 0 Å². The second-order valence-electron chi connectivity index (χ2n) is 3.64. The third kappa shape index (κ3) is 3.76. The molecule has 0 aliphatic carbocycles. The maximum Gasteiger partial charge on any atom is 0.338 e. The quantitative estimate of drug-likeness (QED) is 0.807. The molecule has 1 N–H and O–H groups in total. The van der Waals surface area contributed by atoms with Crippen LogP contribution in [0, 0.1) is 0 Å². The van der Waals surface area contributed by atoms with Crippen molar-refractivity contribution in [3.63, 3.8) is 0 Å². The Morgan fingerprint density at radius 3 is 2.67 bits per heavy atom. The molecule has 0 atom stereocenters. The van der Waals surface area contributed by atoms with Crippen LogP contribution in [-0.4, -0.2) is 30.8 Å². The molecule has 0 aliphatic heterocycles. The summed E-state index contributed by atoms with van der Waals surface area (Å²) in [6, 6.07) is 4.41. The van der Waals surface area contributed by atoms with Crippen LogP contribution in [0.15, 0.2) is 18.2 Å². The van der Waals surface area contributed by atoms with Gasteiger partial charge in [-0.1, -0.05) is 6.07 Å². The number of methoxy groups -OCH3 is 1. The van der Waals surface area contributed by atoms with Gasteiger partial charge in [0.2, 0.25) is 0 Å². The van der Waals surface area contributed by atoms with Crippen LogP contribution in [0.5, 0.6) is 5.75 Å². The molecule has 5 nitrogen and oxygen atoms in total. The van der Waals surface area contributed by atoms with Crippen LogP contribution in [0.2, 0.25) is 0 Å². The first-order chi connectivity index (χ1) is 8.58. The number of esters is 2. The fraction of sp³-hybridized carbons (Fsp3) is 0.385. The van der Waals surface area contributed by atoms with Gasteiger partial charge < -0.3 is 14.6 Å². The Bertz CT molecular complexity index is 439. The van der Waals surface area contributed by atoms with E-state index < -0.39 is 5.97 Å². The summed E-state index contributed by atoms with van der Waals surface area (Å²) in [5.74, 6) is -0.869. The third-order valence-electron chi connectivity index (χ3n) is 2.41. The molecule has 1 aromatic rings.